The molecule has 0 bridgehead atoms. The van der Waals surface area contributed by atoms with Gasteiger partial charge in [0.2, 0.25) is 0 Å². The van der Waals surface area contributed by atoms with Crippen molar-refractivity contribution in [3.63, 3.8) is 0 Å². The minimum Gasteiger partial charge on any atom is -0.457 e. The molecule has 350 valence electrons. The molecule has 0 amide bonds. The van der Waals surface area contributed by atoms with Crippen molar-refractivity contribution in [2.75, 3.05) is 33.0 Å². The summed E-state index contributed by atoms with van der Waals surface area (Å²) >= 11 is 0. The molecule has 14 heteroatoms. The van der Waals surface area contributed by atoms with E-state index in [0.29, 0.717) is 13.0 Å². The van der Waals surface area contributed by atoms with Crippen LogP contribution >= 0.6 is 0 Å². The number of carbonyl (C=O) groups is 1. The van der Waals surface area contributed by atoms with Gasteiger partial charge in [0.1, 0.15) is 54.9 Å². The molecule has 2 aliphatic rings. The summed E-state index contributed by atoms with van der Waals surface area (Å²) < 4.78 is 33.9. The van der Waals surface area contributed by atoms with Gasteiger partial charge >= 0.3 is 5.97 Å². The monoisotopic (exact) mass is 867 g/mol. The largest absolute Gasteiger partial charge is 0.457 e. The molecule has 0 aromatic carbocycles. The van der Waals surface area contributed by atoms with Crippen LogP contribution in [-0.4, -0.2) is 142 Å². The number of esters is 1. The van der Waals surface area contributed by atoms with Crippen molar-refractivity contribution < 1.29 is 69.0 Å². The first kappa shape index (κ1) is 54.6. The van der Waals surface area contributed by atoms with Crippen LogP contribution in [-0.2, 0) is 33.2 Å². The molecule has 2 aliphatic heterocycles. The van der Waals surface area contributed by atoms with Crippen molar-refractivity contribution in [2.24, 2.45) is 0 Å². The van der Waals surface area contributed by atoms with E-state index in [2.05, 4.69) is 74.6 Å². The zero-order valence-corrected chi connectivity index (χ0v) is 36.6. The molecule has 0 aliphatic carbocycles. The molecular weight excluding hydrogens is 789 g/mol. The molecule has 11 unspecified atom stereocenters. The summed E-state index contributed by atoms with van der Waals surface area (Å²) in [6.07, 6.45) is 24.3. The first-order chi connectivity index (χ1) is 29.6. The topological polar surface area (TPSA) is 214 Å². The minimum atomic E-state index is -1.72. The lowest BCUT2D eigenvalue weighted by Crippen LogP contribution is -2.61. The number of unbranched alkanes of at least 4 members (excludes halogenated alkanes) is 7. The molecule has 0 saturated carbocycles. The molecule has 11 atom stereocenters. The van der Waals surface area contributed by atoms with Crippen molar-refractivity contribution in [3.05, 3.63) is 72.9 Å². The molecule has 61 heavy (non-hydrogen) atoms. The Morgan fingerprint density at radius 2 is 1.03 bits per heavy atom. The molecule has 14 nitrogen and oxygen atoms in total. The summed E-state index contributed by atoms with van der Waals surface area (Å²) in [7, 11) is 0. The summed E-state index contributed by atoms with van der Waals surface area (Å²) in [5.41, 5.74) is 0. The first-order valence-electron chi connectivity index (χ1n) is 22.5. The third-order valence-electron chi connectivity index (χ3n) is 10.2. The summed E-state index contributed by atoms with van der Waals surface area (Å²) in [5.74, 6) is -0.463. The zero-order chi connectivity index (χ0) is 44.5. The van der Waals surface area contributed by atoms with E-state index >= 15 is 0 Å². The average Bonchev–Trinajstić information content (AvgIpc) is 3.25. The molecule has 0 spiro atoms. The fourth-order valence-electron chi connectivity index (χ4n) is 6.54. The number of hydrogen-bond acceptors (Lipinski definition) is 14. The van der Waals surface area contributed by atoms with Gasteiger partial charge in [-0.05, 0) is 51.4 Å². The van der Waals surface area contributed by atoms with Crippen LogP contribution in [0, 0.1) is 0 Å². The summed E-state index contributed by atoms with van der Waals surface area (Å²) in [6.45, 7) is 3.40. The van der Waals surface area contributed by atoms with Crippen molar-refractivity contribution >= 4 is 5.97 Å². The van der Waals surface area contributed by atoms with Gasteiger partial charge in [-0.15, -0.1) is 0 Å². The molecule has 2 rings (SSSR count). The highest BCUT2D eigenvalue weighted by atomic mass is 16.7. The maximum Gasteiger partial charge on any atom is 0.306 e. The lowest BCUT2D eigenvalue weighted by molar-refractivity contribution is -0.332. The van der Waals surface area contributed by atoms with Gasteiger partial charge in [0.05, 0.1) is 26.4 Å². The van der Waals surface area contributed by atoms with Crippen LogP contribution in [0.25, 0.3) is 0 Å². The van der Waals surface area contributed by atoms with Crippen LogP contribution in [0.15, 0.2) is 72.9 Å². The van der Waals surface area contributed by atoms with E-state index in [9.17, 15) is 40.5 Å². The van der Waals surface area contributed by atoms with Gasteiger partial charge in [-0.3, -0.25) is 4.79 Å². The van der Waals surface area contributed by atoms with Crippen molar-refractivity contribution in [1.82, 2.24) is 0 Å². The van der Waals surface area contributed by atoms with Gasteiger partial charge < -0.3 is 64.2 Å². The highest BCUT2D eigenvalue weighted by Gasteiger charge is 2.47. The third kappa shape index (κ3) is 23.6. The quantitative estimate of drug-likeness (QED) is 0.0258. The molecule has 0 radical (unpaired) electrons. The highest BCUT2D eigenvalue weighted by molar-refractivity contribution is 5.69. The fraction of sp³-hybridized carbons (Fsp3) is 0.723. The predicted molar refractivity (Wildman–Crippen MR) is 233 cm³/mol. The van der Waals surface area contributed by atoms with Gasteiger partial charge in [0, 0.05) is 13.0 Å². The number of carbonyl (C=O) groups excluding carboxylic acids is 1. The third-order valence-corrected chi connectivity index (χ3v) is 10.2. The van der Waals surface area contributed by atoms with E-state index < -0.39 is 86.7 Å². The number of aliphatic hydroxyl groups excluding tert-OH is 7. The van der Waals surface area contributed by atoms with Crippen molar-refractivity contribution in [3.8, 4) is 0 Å². The number of aliphatic hydroxyl groups is 7. The van der Waals surface area contributed by atoms with Crippen LogP contribution < -0.4 is 0 Å². The Morgan fingerprint density at radius 1 is 0.557 bits per heavy atom. The van der Waals surface area contributed by atoms with E-state index in [1.165, 1.54) is 32.1 Å². The van der Waals surface area contributed by atoms with E-state index in [0.717, 1.165) is 57.8 Å². The summed E-state index contributed by atoms with van der Waals surface area (Å²) in [5, 5.41) is 71.8. The second-order valence-electron chi connectivity index (χ2n) is 15.5. The predicted octanol–water partition coefficient (Wildman–Crippen LogP) is 5.17. The standard InChI is InChI=1S/C47H78O14/c1-3-5-7-9-11-13-14-15-16-17-18-19-20-21-22-23-24-26-28-30-39(49)59-36(33-56-31-29-27-25-12-10-8-6-4-2)34-57-46-45(55)43(53)41(51)38(61-46)35-58-47-44(54)42(52)40(50)37(32-48)60-47/h5,7,11,13,15-16,18-19,21-22,24,26,36-38,40-48,50-55H,3-4,6,8-10,12,14,17,20,23,25,27-35H2,1-2H3/b7-5-,13-11-,16-15-,19-18-,22-21-,26-24-. The van der Waals surface area contributed by atoms with E-state index in [-0.39, 0.29) is 19.6 Å². The Morgan fingerprint density at radius 3 is 1.57 bits per heavy atom. The lowest BCUT2D eigenvalue weighted by atomic mass is 9.98. The maximum atomic E-state index is 12.9. The molecule has 0 aromatic rings. The molecule has 2 saturated heterocycles. The zero-order valence-electron chi connectivity index (χ0n) is 36.6. The van der Waals surface area contributed by atoms with Gasteiger partial charge in [-0.2, -0.15) is 0 Å². The highest BCUT2D eigenvalue weighted by Crippen LogP contribution is 2.26. The smallest absolute Gasteiger partial charge is 0.306 e. The number of rotatable bonds is 33. The van der Waals surface area contributed by atoms with Crippen LogP contribution in [0.1, 0.15) is 117 Å². The summed E-state index contributed by atoms with van der Waals surface area (Å²) in [4.78, 5) is 12.9. The van der Waals surface area contributed by atoms with E-state index in [1.54, 1.807) is 0 Å². The van der Waals surface area contributed by atoms with Crippen LogP contribution in [0.2, 0.25) is 0 Å². The average molecular weight is 867 g/mol. The van der Waals surface area contributed by atoms with Gasteiger partial charge in [-0.1, -0.05) is 132 Å². The lowest BCUT2D eigenvalue weighted by Gasteiger charge is -2.42. The van der Waals surface area contributed by atoms with Crippen LogP contribution in [0.5, 0.6) is 0 Å². The van der Waals surface area contributed by atoms with Gasteiger partial charge in [-0.25, -0.2) is 0 Å². The van der Waals surface area contributed by atoms with E-state index in [1.807, 2.05) is 12.2 Å². The normalized spacial score (nSPS) is 28.1. The van der Waals surface area contributed by atoms with Crippen molar-refractivity contribution in [2.45, 2.75) is 184 Å². The van der Waals surface area contributed by atoms with Crippen molar-refractivity contribution in [1.29, 1.82) is 0 Å². The van der Waals surface area contributed by atoms with Crippen LogP contribution in [0.3, 0.4) is 0 Å². The molecule has 0 aromatic heterocycles. The Balaban J connectivity index is 1.83. The van der Waals surface area contributed by atoms with Gasteiger partial charge in [0.15, 0.2) is 12.6 Å². The fourth-order valence-corrected chi connectivity index (χ4v) is 6.54. The number of ether oxygens (including phenoxy) is 6. The minimum absolute atomic E-state index is 0.0276. The summed E-state index contributed by atoms with van der Waals surface area (Å²) in [6, 6.07) is 0. The van der Waals surface area contributed by atoms with E-state index in [4.69, 9.17) is 28.4 Å². The number of allylic oxidation sites excluding steroid dienone is 12. The van der Waals surface area contributed by atoms with Gasteiger partial charge in [0.25, 0.3) is 0 Å². The molecular formula is C47H78O14. The Kier molecular flexibility index (Phi) is 31.2. The first-order valence-corrected chi connectivity index (χ1v) is 22.5. The Bertz CT molecular complexity index is 1280. The second-order valence-corrected chi connectivity index (χ2v) is 15.5. The molecule has 7 N–H and O–H groups in total. The molecule has 2 heterocycles. The Labute approximate surface area is 364 Å². The SMILES string of the molecule is CC/C=C\C/C=C\C/C=C\C/C=C\C/C=C\C/C=C\CCC(=O)OC(COCCCCCCCCCC)COC1OC(COC2OC(CO)C(O)C(O)C2O)C(O)C(O)C1O. The Hall–Kier alpha value is -2.57. The second kappa shape index (κ2) is 34.9. The van der Waals surface area contributed by atoms with Crippen LogP contribution in [0.4, 0.5) is 0 Å². The number of hydrogen-bond donors (Lipinski definition) is 7. The molecule has 2 fully saturated rings. The maximum absolute atomic E-state index is 12.9.